The number of imide groups is 1. The molecule has 0 radical (unpaired) electrons. The van der Waals surface area contributed by atoms with Crippen molar-refractivity contribution in [3.8, 4) is 5.69 Å². The molecule has 6 heterocycles. The van der Waals surface area contributed by atoms with Gasteiger partial charge in [0.15, 0.2) is 0 Å². The molecule has 0 saturated carbocycles. The quantitative estimate of drug-likeness (QED) is 0.138. The van der Waals surface area contributed by atoms with Gasteiger partial charge in [-0.15, -0.1) is 0 Å². The zero-order valence-corrected chi connectivity index (χ0v) is 39.1. The maximum atomic E-state index is 16.1. The van der Waals surface area contributed by atoms with E-state index >= 15 is 8.78 Å². The van der Waals surface area contributed by atoms with Crippen LogP contribution < -0.4 is 26.4 Å². The summed E-state index contributed by atoms with van der Waals surface area (Å²) >= 11 is 0. The molecule has 3 N–H and O–H groups in total. The molecule has 2 aromatic carbocycles. The lowest BCUT2D eigenvalue weighted by atomic mass is 9.91. The Morgan fingerprint density at radius 3 is 2.40 bits per heavy atom. The summed E-state index contributed by atoms with van der Waals surface area (Å²) in [7, 11) is 1.79. The molecule has 0 bridgehead atoms. The fourth-order valence-corrected chi connectivity index (χ4v) is 10.9. The van der Waals surface area contributed by atoms with E-state index in [1.54, 1.807) is 42.2 Å². The van der Waals surface area contributed by atoms with Crippen molar-refractivity contribution < 1.29 is 23.2 Å². The Balaban J connectivity index is 0.766. The first-order valence-electron chi connectivity index (χ1n) is 23.8. The summed E-state index contributed by atoms with van der Waals surface area (Å²) in [6.07, 6.45) is 10.9. The number of piperidine rings is 2. The van der Waals surface area contributed by atoms with E-state index in [4.69, 9.17) is 4.98 Å². The number of hydrogen-bond acceptors (Lipinski definition) is 10. The summed E-state index contributed by atoms with van der Waals surface area (Å²) in [4.78, 5) is 64.0. The maximum absolute atomic E-state index is 16.1. The van der Waals surface area contributed by atoms with Crippen molar-refractivity contribution in [2.75, 3.05) is 74.9 Å². The molecule has 352 valence electrons. The van der Waals surface area contributed by atoms with Crippen molar-refractivity contribution in [3.05, 3.63) is 123 Å². The van der Waals surface area contributed by atoms with Gasteiger partial charge in [0.05, 0.1) is 17.1 Å². The third-order valence-corrected chi connectivity index (χ3v) is 14.8. The van der Waals surface area contributed by atoms with E-state index in [1.807, 2.05) is 30.0 Å². The molecule has 3 saturated heterocycles. The van der Waals surface area contributed by atoms with Gasteiger partial charge in [-0.3, -0.25) is 43.8 Å². The van der Waals surface area contributed by atoms with Crippen LogP contribution in [0.4, 0.5) is 25.8 Å². The van der Waals surface area contributed by atoms with E-state index in [-0.39, 0.29) is 53.4 Å². The Kier molecular flexibility index (Phi) is 13.2. The molecule has 2 aromatic heterocycles. The highest BCUT2D eigenvalue weighted by Gasteiger charge is 2.34. The standard InChI is InChI=1S/C52H61F2N9O4/c1-31-24-37(25-43(54)49(31)36-13-19-59(20-14-36)34(4)40-28-41-45(10-16-56-50(41)33(40)3)63-21-15-38(55-5)27-48(63)65)52(67)60-17-11-35(12-18-60)30-61-22-23-62(29-32(61)2)46-8-6-39(26-42(46)53)57-44-7-9-47(64)58-51(44)66/h6,8,10,13,15-16,21,24-28,32-35,44,55,57H,7,9,11-12,14,17-20,22-23,29-30H2,1-5H3,(H,58,64,66)/t32?,33?,34?,44-/m0/s1. The fourth-order valence-electron chi connectivity index (χ4n) is 10.9. The summed E-state index contributed by atoms with van der Waals surface area (Å²) in [6, 6.07) is 13.3. The highest BCUT2D eigenvalue weighted by molar-refractivity contribution is 6.01. The number of aryl methyl sites for hydroxylation is 1. The first kappa shape index (κ1) is 45.9. The third kappa shape index (κ3) is 9.40. The Morgan fingerprint density at radius 2 is 1.72 bits per heavy atom. The first-order valence-corrected chi connectivity index (χ1v) is 23.8. The average molecular weight is 914 g/mol. The van der Waals surface area contributed by atoms with Gasteiger partial charge in [-0.05, 0) is 118 Å². The normalized spacial score (nSPS) is 22.2. The van der Waals surface area contributed by atoms with E-state index in [0.717, 1.165) is 66.2 Å². The van der Waals surface area contributed by atoms with Crippen molar-refractivity contribution >= 4 is 46.4 Å². The maximum Gasteiger partial charge on any atom is 0.257 e. The van der Waals surface area contributed by atoms with Gasteiger partial charge in [-0.1, -0.05) is 13.0 Å². The number of carbonyl (C=O) groups is 3. The molecule has 3 fully saturated rings. The van der Waals surface area contributed by atoms with Gasteiger partial charge in [0.2, 0.25) is 11.8 Å². The molecular weight excluding hydrogens is 853 g/mol. The lowest BCUT2D eigenvalue weighted by Gasteiger charge is -2.43. The lowest BCUT2D eigenvalue weighted by molar-refractivity contribution is -0.133. The van der Waals surface area contributed by atoms with E-state index in [2.05, 4.69) is 63.6 Å². The van der Waals surface area contributed by atoms with Crippen LogP contribution in [0.2, 0.25) is 0 Å². The third-order valence-electron chi connectivity index (χ3n) is 14.8. The van der Waals surface area contributed by atoms with Crippen LogP contribution in [0.15, 0.2) is 77.4 Å². The Morgan fingerprint density at radius 1 is 0.910 bits per heavy atom. The molecular formula is C52H61F2N9O4. The number of nitrogens with one attached hydrogen (secondary N) is 3. The molecule has 5 aliphatic rings. The highest BCUT2D eigenvalue weighted by Crippen LogP contribution is 2.41. The average Bonchev–Trinajstić information content (AvgIpc) is 3.66. The molecule has 3 unspecified atom stereocenters. The monoisotopic (exact) mass is 913 g/mol. The van der Waals surface area contributed by atoms with Crippen LogP contribution in [0.3, 0.4) is 0 Å². The van der Waals surface area contributed by atoms with Crippen molar-refractivity contribution in [2.24, 2.45) is 5.92 Å². The van der Waals surface area contributed by atoms with Crippen LogP contribution in [-0.2, 0) is 9.59 Å². The summed E-state index contributed by atoms with van der Waals surface area (Å²) in [5.74, 6) is -1.05. The largest absolute Gasteiger partial charge is 0.388 e. The molecule has 1 aliphatic carbocycles. The minimum atomic E-state index is -0.576. The second-order valence-electron chi connectivity index (χ2n) is 19.0. The van der Waals surface area contributed by atoms with E-state index in [1.165, 1.54) is 17.7 Å². The smallest absolute Gasteiger partial charge is 0.257 e. The van der Waals surface area contributed by atoms with Crippen molar-refractivity contribution in [3.63, 3.8) is 0 Å². The number of hydrogen-bond donors (Lipinski definition) is 3. The number of benzene rings is 2. The van der Waals surface area contributed by atoms with Crippen LogP contribution >= 0.6 is 0 Å². The van der Waals surface area contributed by atoms with Gasteiger partial charge >= 0.3 is 0 Å². The zero-order chi connectivity index (χ0) is 47.1. The predicted molar refractivity (Wildman–Crippen MR) is 259 cm³/mol. The number of aromatic nitrogens is 2. The molecule has 0 spiro atoms. The molecule has 4 aromatic rings. The molecule has 3 amide bonds. The van der Waals surface area contributed by atoms with E-state index in [9.17, 15) is 19.2 Å². The second kappa shape index (κ2) is 19.2. The zero-order valence-electron chi connectivity index (χ0n) is 39.1. The Labute approximate surface area is 390 Å². The number of pyridine rings is 2. The van der Waals surface area contributed by atoms with Gasteiger partial charge < -0.3 is 20.4 Å². The number of rotatable bonds is 11. The highest BCUT2D eigenvalue weighted by atomic mass is 19.1. The molecule has 4 aliphatic heterocycles. The van der Waals surface area contributed by atoms with Gasteiger partial charge in [0.1, 0.15) is 17.7 Å². The van der Waals surface area contributed by atoms with Crippen molar-refractivity contribution in [1.82, 2.24) is 29.6 Å². The van der Waals surface area contributed by atoms with Crippen LogP contribution in [-0.4, -0.2) is 120 Å². The molecule has 4 atom stereocenters. The second-order valence-corrected chi connectivity index (χ2v) is 19.0. The number of halogens is 2. The lowest BCUT2D eigenvalue weighted by Crippen LogP contribution is -2.54. The van der Waals surface area contributed by atoms with E-state index in [0.29, 0.717) is 74.0 Å². The number of fused-ring (bicyclic) bond motifs is 1. The number of carbonyl (C=O) groups excluding carboxylic acids is 3. The predicted octanol–water partition coefficient (Wildman–Crippen LogP) is 6.82. The summed E-state index contributed by atoms with van der Waals surface area (Å²) in [5.41, 5.74) is 8.33. The van der Waals surface area contributed by atoms with E-state index < -0.39 is 11.9 Å². The number of nitrogens with zero attached hydrogens (tertiary/aromatic N) is 6. The van der Waals surface area contributed by atoms with Crippen LogP contribution in [0, 0.1) is 24.5 Å². The summed E-state index contributed by atoms with van der Waals surface area (Å²) in [6.45, 7) is 14.1. The van der Waals surface area contributed by atoms with Crippen LogP contribution in [0.5, 0.6) is 0 Å². The van der Waals surface area contributed by atoms with Crippen LogP contribution in [0.1, 0.15) is 91.5 Å². The first-order chi connectivity index (χ1) is 32.3. The Bertz CT molecular complexity index is 2690. The molecule has 15 heteroatoms. The number of anilines is 3. The minimum Gasteiger partial charge on any atom is -0.388 e. The number of amides is 3. The van der Waals surface area contributed by atoms with Crippen molar-refractivity contribution in [2.45, 2.75) is 83.8 Å². The fraction of sp³-hybridized carbons (Fsp3) is 0.442. The Hall–Kier alpha value is -6.19. The minimum absolute atomic E-state index is 0.0774. The molecule has 67 heavy (non-hydrogen) atoms. The topological polar surface area (TPSA) is 135 Å². The number of piperazine rings is 1. The van der Waals surface area contributed by atoms with Crippen LogP contribution in [0.25, 0.3) is 17.3 Å². The molecule has 9 rings (SSSR count). The summed E-state index contributed by atoms with van der Waals surface area (Å²) in [5, 5.41) is 8.41. The van der Waals surface area contributed by atoms with Gasteiger partial charge in [-0.25, -0.2) is 8.78 Å². The van der Waals surface area contributed by atoms with Gasteiger partial charge in [-0.2, -0.15) is 0 Å². The molecule has 13 nitrogen and oxygen atoms in total. The SMILES string of the molecule is CNc1ccn(-c2ccnc3c2C=C(C(C)N2CC=C(c4c(C)cc(C(=O)N5CCC(CN6CCN(c7ccc(N[C@H]8CCC(=O)NC8=O)cc7F)CC6C)CC5)cc4F)CC2)C3C)c(=O)c1. The van der Waals surface area contributed by atoms with Gasteiger partial charge in [0.25, 0.3) is 11.5 Å². The van der Waals surface area contributed by atoms with Crippen molar-refractivity contribution in [1.29, 1.82) is 0 Å². The number of likely N-dealkylation sites (tertiary alicyclic amines) is 1. The van der Waals surface area contributed by atoms with Gasteiger partial charge in [0, 0.05) is 130 Å². The summed E-state index contributed by atoms with van der Waals surface area (Å²) < 4.78 is 33.2.